The molecule has 8 heteroatoms. The first kappa shape index (κ1) is 18.5. The normalized spacial score (nSPS) is 12.0. The van der Waals surface area contributed by atoms with Gasteiger partial charge < -0.3 is 10.6 Å². The second-order valence-electron chi connectivity index (χ2n) is 6.86. The zero-order valence-electron chi connectivity index (χ0n) is 16.4. The molecule has 0 fully saturated rings. The molecule has 29 heavy (non-hydrogen) atoms. The van der Waals surface area contributed by atoms with Gasteiger partial charge in [0.2, 0.25) is 5.95 Å². The standard InChI is InChI=1S/C21H21N7O/c1-13-11-14(2)23-21(22-13)25-17-8-6-7-16(12-17)20(29)24-15(3)19-27-26-18-9-4-5-10-28(18)19/h4-12,15H,1-3H3,(H,24,29)(H,22,23,25). The molecule has 0 bridgehead atoms. The van der Waals surface area contributed by atoms with E-state index in [1.807, 2.05) is 67.8 Å². The van der Waals surface area contributed by atoms with E-state index in [-0.39, 0.29) is 11.9 Å². The van der Waals surface area contributed by atoms with Crippen LogP contribution in [0.1, 0.15) is 40.5 Å². The van der Waals surface area contributed by atoms with E-state index in [9.17, 15) is 4.79 Å². The Hall–Kier alpha value is -3.81. The number of anilines is 2. The number of hydrogen-bond donors (Lipinski definition) is 2. The van der Waals surface area contributed by atoms with E-state index in [2.05, 4.69) is 30.8 Å². The van der Waals surface area contributed by atoms with Crippen LogP contribution in [0, 0.1) is 13.8 Å². The van der Waals surface area contributed by atoms with Crippen molar-refractivity contribution in [2.45, 2.75) is 26.8 Å². The number of carbonyl (C=O) groups excluding carboxylic acids is 1. The van der Waals surface area contributed by atoms with Crippen molar-refractivity contribution in [2.75, 3.05) is 5.32 Å². The van der Waals surface area contributed by atoms with E-state index in [1.54, 1.807) is 12.1 Å². The van der Waals surface area contributed by atoms with Gasteiger partial charge in [0.05, 0.1) is 6.04 Å². The van der Waals surface area contributed by atoms with Crippen LogP contribution in [0.4, 0.5) is 11.6 Å². The molecule has 4 aromatic rings. The number of rotatable bonds is 5. The minimum absolute atomic E-state index is 0.199. The molecule has 3 aromatic heterocycles. The third kappa shape index (κ3) is 4.06. The van der Waals surface area contributed by atoms with Crippen molar-refractivity contribution in [1.82, 2.24) is 29.9 Å². The fourth-order valence-electron chi connectivity index (χ4n) is 3.15. The topological polar surface area (TPSA) is 97.1 Å². The van der Waals surface area contributed by atoms with Gasteiger partial charge in [-0.3, -0.25) is 9.20 Å². The Bertz CT molecular complexity index is 1160. The lowest BCUT2D eigenvalue weighted by Gasteiger charge is -2.13. The van der Waals surface area contributed by atoms with Crippen LogP contribution in [0.25, 0.3) is 5.65 Å². The van der Waals surface area contributed by atoms with Crippen molar-refractivity contribution in [2.24, 2.45) is 0 Å². The average molecular weight is 387 g/mol. The summed E-state index contributed by atoms with van der Waals surface area (Å²) < 4.78 is 1.86. The minimum Gasteiger partial charge on any atom is -0.342 e. The van der Waals surface area contributed by atoms with Crippen LogP contribution in [0.5, 0.6) is 0 Å². The van der Waals surface area contributed by atoms with E-state index in [1.165, 1.54) is 0 Å². The molecule has 2 N–H and O–H groups in total. The highest BCUT2D eigenvalue weighted by molar-refractivity contribution is 5.95. The molecule has 0 spiro atoms. The predicted molar refractivity (Wildman–Crippen MR) is 110 cm³/mol. The maximum atomic E-state index is 12.8. The van der Waals surface area contributed by atoms with E-state index in [0.29, 0.717) is 17.3 Å². The molecule has 0 aliphatic carbocycles. The summed E-state index contributed by atoms with van der Waals surface area (Å²) in [5.41, 5.74) is 3.76. The SMILES string of the molecule is Cc1cc(C)nc(Nc2cccc(C(=O)NC(C)c3nnc4ccccn34)c2)n1. The summed E-state index contributed by atoms with van der Waals surface area (Å²) in [6.07, 6.45) is 1.88. The monoisotopic (exact) mass is 387 g/mol. The van der Waals surface area contributed by atoms with Gasteiger partial charge in [-0.1, -0.05) is 12.1 Å². The van der Waals surface area contributed by atoms with Crippen molar-refractivity contribution in [3.8, 4) is 0 Å². The zero-order valence-corrected chi connectivity index (χ0v) is 16.4. The van der Waals surface area contributed by atoms with E-state index < -0.39 is 0 Å². The summed E-state index contributed by atoms with van der Waals surface area (Å²) in [5, 5.41) is 14.5. The number of pyridine rings is 1. The molecule has 3 heterocycles. The quantitative estimate of drug-likeness (QED) is 0.545. The molecule has 8 nitrogen and oxygen atoms in total. The molecule has 1 atom stereocenters. The summed E-state index contributed by atoms with van der Waals surface area (Å²) in [5.74, 6) is 0.977. The lowest BCUT2D eigenvalue weighted by atomic mass is 10.1. The Morgan fingerprint density at radius 1 is 1.00 bits per heavy atom. The van der Waals surface area contributed by atoms with Crippen molar-refractivity contribution >= 4 is 23.2 Å². The maximum absolute atomic E-state index is 12.8. The van der Waals surface area contributed by atoms with Gasteiger partial charge in [0.15, 0.2) is 11.5 Å². The van der Waals surface area contributed by atoms with Gasteiger partial charge in [-0.2, -0.15) is 0 Å². The Morgan fingerprint density at radius 3 is 2.59 bits per heavy atom. The summed E-state index contributed by atoms with van der Waals surface area (Å²) in [6.45, 7) is 5.71. The fraction of sp³-hybridized carbons (Fsp3) is 0.190. The van der Waals surface area contributed by atoms with Crippen molar-refractivity contribution in [3.05, 3.63) is 77.5 Å². The van der Waals surface area contributed by atoms with Gasteiger partial charge in [0, 0.05) is 28.8 Å². The lowest BCUT2D eigenvalue weighted by molar-refractivity contribution is 0.0938. The Kier molecular flexibility index (Phi) is 4.90. The lowest BCUT2D eigenvalue weighted by Crippen LogP contribution is -2.28. The van der Waals surface area contributed by atoms with Crippen LogP contribution in [-0.2, 0) is 0 Å². The Morgan fingerprint density at radius 2 is 1.79 bits per heavy atom. The van der Waals surface area contributed by atoms with Crippen molar-refractivity contribution < 1.29 is 4.79 Å². The van der Waals surface area contributed by atoms with Crippen LogP contribution in [0.2, 0.25) is 0 Å². The van der Waals surface area contributed by atoms with Crippen molar-refractivity contribution in [3.63, 3.8) is 0 Å². The van der Waals surface area contributed by atoms with Gasteiger partial charge in [-0.25, -0.2) is 9.97 Å². The molecule has 0 saturated carbocycles. The first-order chi connectivity index (χ1) is 14.0. The van der Waals surface area contributed by atoms with Crippen LogP contribution in [0.15, 0.2) is 54.7 Å². The van der Waals surface area contributed by atoms with Crippen LogP contribution in [0.3, 0.4) is 0 Å². The molecule has 1 aromatic carbocycles. The van der Waals surface area contributed by atoms with Crippen LogP contribution in [-0.4, -0.2) is 30.5 Å². The number of hydrogen-bond acceptors (Lipinski definition) is 6. The first-order valence-electron chi connectivity index (χ1n) is 9.29. The number of carbonyl (C=O) groups is 1. The van der Waals surface area contributed by atoms with Gasteiger partial charge in [0.1, 0.15) is 0 Å². The highest BCUT2D eigenvalue weighted by atomic mass is 16.1. The predicted octanol–water partition coefficient (Wildman–Crippen LogP) is 3.37. The molecule has 0 saturated heterocycles. The number of aryl methyl sites for hydroxylation is 2. The molecule has 0 aliphatic heterocycles. The fourth-order valence-corrected chi connectivity index (χ4v) is 3.15. The van der Waals surface area contributed by atoms with Crippen molar-refractivity contribution in [1.29, 1.82) is 0 Å². The third-order valence-electron chi connectivity index (χ3n) is 4.44. The zero-order chi connectivity index (χ0) is 20.4. The average Bonchev–Trinajstić information content (AvgIpc) is 3.11. The molecule has 0 aliphatic rings. The van der Waals surface area contributed by atoms with E-state index >= 15 is 0 Å². The summed E-state index contributed by atoms with van der Waals surface area (Å²) >= 11 is 0. The smallest absolute Gasteiger partial charge is 0.251 e. The number of nitrogens with one attached hydrogen (secondary N) is 2. The Balaban J connectivity index is 1.51. The molecule has 1 amide bonds. The molecule has 146 valence electrons. The van der Waals surface area contributed by atoms with Crippen LogP contribution >= 0.6 is 0 Å². The molecule has 0 radical (unpaired) electrons. The Labute approximate surface area is 168 Å². The third-order valence-corrected chi connectivity index (χ3v) is 4.44. The van der Waals surface area contributed by atoms with Gasteiger partial charge in [0.25, 0.3) is 5.91 Å². The van der Waals surface area contributed by atoms with Crippen LogP contribution < -0.4 is 10.6 Å². The highest BCUT2D eigenvalue weighted by Gasteiger charge is 2.17. The highest BCUT2D eigenvalue weighted by Crippen LogP contribution is 2.17. The molecule has 1 unspecified atom stereocenters. The van der Waals surface area contributed by atoms with E-state index in [0.717, 1.165) is 22.7 Å². The maximum Gasteiger partial charge on any atom is 0.251 e. The van der Waals surface area contributed by atoms with E-state index in [4.69, 9.17) is 0 Å². The second kappa shape index (κ2) is 7.67. The van der Waals surface area contributed by atoms with Gasteiger partial charge in [-0.05, 0) is 57.2 Å². The summed E-state index contributed by atoms with van der Waals surface area (Å²) in [7, 11) is 0. The summed E-state index contributed by atoms with van der Waals surface area (Å²) in [6, 6.07) is 14.5. The number of benzene rings is 1. The minimum atomic E-state index is -0.306. The number of fused-ring (bicyclic) bond motifs is 1. The van der Waals surface area contributed by atoms with Gasteiger partial charge in [-0.15, -0.1) is 10.2 Å². The van der Waals surface area contributed by atoms with Gasteiger partial charge >= 0.3 is 0 Å². The number of nitrogens with zero attached hydrogens (tertiary/aromatic N) is 5. The number of amides is 1. The molecular formula is C21H21N7O. The number of aromatic nitrogens is 5. The first-order valence-corrected chi connectivity index (χ1v) is 9.29. The molecular weight excluding hydrogens is 366 g/mol. The second-order valence-corrected chi connectivity index (χ2v) is 6.86. The largest absolute Gasteiger partial charge is 0.342 e. The molecule has 4 rings (SSSR count). The summed E-state index contributed by atoms with van der Waals surface area (Å²) in [4.78, 5) is 21.5.